The summed E-state index contributed by atoms with van der Waals surface area (Å²) in [4.78, 5) is 5.50. The largest absolute Gasteiger partial charge is 0.319 e. The molecule has 0 radical (unpaired) electrons. The minimum atomic E-state index is -0.231. The van der Waals surface area contributed by atoms with E-state index < -0.39 is 0 Å². The molecule has 2 N–H and O–H groups in total. The Morgan fingerprint density at radius 2 is 1.95 bits per heavy atom. The Balaban J connectivity index is 2.13. The topological polar surface area (TPSA) is 64.7 Å². The second kappa shape index (κ2) is 5.26. The number of hydrogen-bond donors (Lipinski definition) is 1. The second-order valence-corrected chi connectivity index (χ2v) is 5.86. The first-order chi connectivity index (χ1) is 9.68. The van der Waals surface area contributed by atoms with Crippen LogP contribution in [-0.4, -0.2) is 14.6 Å². The molecule has 0 aliphatic heterocycles. The van der Waals surface area contributed by atoms with Crippen molar-refractivity contribution >= 4 is 22.4 Å². The normalized spacial score (nSPS) is 13.0. The van der Waals surface area contributed by atoms with Crippen LogP contribution in [0.3, 0.4) is 0 Å². The van der Waals surface area contributed by atoms with Crippen molar-refractivity contribution < 1.29 is 0 Å². The minimum absolute atomic E-state index is 0.231. The molecular formula is C15H16N4S. The summed E-state index contributed by atoms with van der Waals surface area (Å²) in [7, 11) is 0. The van der Waals surface area contributed by atoms with Crippen molar-refractivity contribution in [3.8, 4) is 0 Å². The quantitative estimate of drug-likeness (QED) is 0.801. The van der Waals surface area contributed by atoms with Crippen LogP contribution < -0.4 is 5.73 Å². The van der Waals surface area contributed by atoms with Crippen LogP contribution in [0, 0.1) is 0 Å². The Bertz CT molecular complexity index is 730. The van der Waals surface area contributed by atoms with Gasteiger partial charge in [-0.1, -0.05) is 42.6 Å². The van der Waals surface area contributed by atoms with Crippen LogP contribution in [0.4, 0.5) is 0 Å². The second-order valence-electron chi connectivity index (χ2n) is 5.08. The number of nitrogens with two attached hydrogens (primary N) is 1. The van der Waals surface area contributed by atoms with Crippen molar-refractivity contribution in [2.45, 2.75) is 25.8 Å². The molecule has 5 heteroatoms. The molecule has 0 bridgehead atoms. The van der Waals surface area contributed by atoms with E-state index in [0.29, 0.717) is 5.92 Å². The highest BCUT2D eigenvalue weighted by molar-refractivity contribution is 7.05. The number of rotatable bonds is 3. The lowest BCUT2D eigenvalue weighted by atomic mass is 9.98. The standard InChI is InChI=1S/C15H16N4S/c1-9(2)13-15(20-19-18-13)12(16)11-7-3-5-10-6-4-8-17-14(10)11/h3-9,12H,16H2,1-2H3. The lowest BCUT2D eigenvalue weighted by molar-refractivity contribution is 0.772. The lowest BCUT2D eigenvalue weighted by Crippen LogP contribution is -2.13. The summed E-state index contributed by atoms with van der Waals surface area (Å²) < 4.78 is 4.06. The molecule has 0 amide bonds. The summed E-state index contributed by atoms with van der Waals surface area (Å²) in [6.07, 6.45) is 1.80. The van der Waals surface area contributed by atoms with Gasteiger partial charge in [0.15, 0.2) is 0 Å². The molecule has 20 heavy (non-hydrogen) atoms. The van der Waals surface area contributed by atoms with Gasteiger partial charge in [0, 0.05) is 17.1 Å². The van der Waals surface area contributed by atoms with Crippen molar-refractivity contribution in [1.82, 2.24) is 14.6 Å². The summed E-state index contributed by atoms with van der Waals surface area (Å²) in [5.41, 5.74) is 9.41. The maximum absolute atomic E-state index is 6.46. The van der Waals surface area contributed by atoms with Crippen molar-refractivity contribution in [1.29, 1.82) is 0 Å². The highest BCUT2D eigenvalue weighted by atomic mass is 32.1. The number of nitrogens with zero attached hydrogens (tertiary/aromatic N) is 3. The minimum Gasteiger partial charge on any atom is -0.319 e. The van der Waals surface area contributed by atoms with Gasteiger partial charge >= 0.3 is 0 Å². The molecule has 1 atom stereocenters. The summed E-state index contributed by atoms with van der Waals surface area (Å²) in [5, 5.41) is 5.31. The highest BCUT2D eigenvalue weighted by Crippen LogP contribution is 2.31. The molecule has 0 saturated carbocycles. The van der Waals surface area contributed by atoms with Gasteiger partial charge in [0.25, 0.3) is 0 Å². The first kappa shape index (κ1) is 13.1. The van der Waals surface area contributed by atoms with E-state index in [9.17, 15) is 0 Å². The van der Waals surface area contributed by atoms with Gasteiger partial charge in [0.1, 0.15) is 0 Å². The van der Waals surface area contributed by atoms with Crippen LogP contribution in [0.2, 0.25) is 0 Å². The molecule has 0 fully saturated rings. The third kappa shape index (κ3) is 2.19. The Morgan fingerprint density at radius 3 is 2.75 bits per heavy atom. The van der Waals surface area contributed by atoms with E-state index in [1.54, 1.807) is 6.20 Å². The van der Waals surface area contributed by atoms with Crippen LogP contribution in [0.15, 0.2) is 36.5 Å². The van der Waals surface area contributed by atoms with Crippen LogP contribution in [0.25, 0.3) is 10.9 Å². The predicted molar refractivity (Wildman–Crippen MR) is 81.8 cm³/mol. The summed E-state index contributed by atoms with van der Waals surface area (Å²) in [6.45, 7) is 4.21. The number of aromatic nitrogens is 3. The van der Waals surface area contributed by atoms with E-state index in [2.05, 4.69) is 28.4 Å². The molecular weight excluding hydrogens is 268 g/mol. The number of fused-ring (bicyclic) bond motifs is 1. The van der Waals surface area contributed by atoms with Crippen molar-refractivity contribution in [2.24, 2.45) is 5.73 Å². The SMILES string of the molecule is CC(C)c1nnsc1C(N)c1cccc2cccnc12. The van der Waals surface area contributed by atoms with Gasteiger partial charge in [0.2, 0.25) is 0 Å². The monoisotopic (exact) mass is 284 g/mol. The first-order valence-electron chi connectivity index (χ1n) is 6.60. The fourth-order valence-corrected chi connectivity index (χ4v) is 3.17. The maximum atomic E-state index is 6.46. The van der Waals surface area contributed by atoms with Gasteiger partial charge < -0.3 is 5.73 Å². The molecule has 1 aromatic carbocycles. The molecule has 102 valence electrons. The van der Waals surface area contributed by atoms with Gasteiger partial charge in [-0.15, -0.1) is 5.10 Å². The Kier molecular flexibility index (Phi) is 3.46. The molecule has 1 unspecified atom stereocenters. The van der Waals surface area contributed by atoms with Gasteiger partial charge in [-0.05, 0) is 23.5 Å². The summed E-state index contributed by atoms with van der Waals surface area (Å²) >= 11 is 1.38. The number of benzene rings is 1. The van der Waals surface area contributed by atoms with Gasteiger partial charge in [-0.2, -0.15) is 0 Å². The molecule has 4 nitrogen and oxygen atoms in total. The van der Waals surface area contributed by atoms with Crippen molar-refractivity contribution in [3.63, 3.8) is 0 Å². The molecule has 0 aliphatic carbocycles. The van der Waals surface area contributed by atoms with Crippen LogP contribution >= 0.6 is 11.5 Å². The Hall–Kier alpha value is -1.85. The molecule has 3 rings (SSSR count). The van der Waals surface area contributed by atoms with E-state index in [0.717, 1.165) is 27.0 Å². The zero-order chi connectivity index (χ0) is 14.1. The zero-order valence-electron chi connectivity index (χ0n) is 11.4. The van der Waals surface area contributed by atoms with E-state index >= 15 is 0 Å². The molecule has 3 aromatic rings. The van der Waals surface area contributed by atoms with Crippen molar-refractivity contribution in [3.05, 3.63) is 52.7 Å². The van der Waals surface area contributed by atoms with Crippen molar-refractivity contribution in [2.75, 3.05) is 0 Å². The number of hydrogen-bond acceptors (Lipinski definition) is 5. The average Bonchev–Trinajstić information content (AvgIpc) is 2.95. The van der Waals surface area contributed by atoms with Crippen LogP contribution in [0.5, 0.6) is 0 Å². The first-order valence-corrected chi connectivity index (χ1v) is 7.37. The van der Waals surface area contributed by atoms with E-state index in [-0.39, 0.29) is 6.04 Å². The predicted octanol–water partition coefficient (Wildman–Crippen LogP) is 3.26. The third-order valence-electron chi connectivity index (χ3n) is 3.37. The van der Waals surface area contributed by atoms with Gasteiger partial charge in [0.05, 0.1) is 22.1 Å². The third-order valence-corrected chi connectivity index (χ3v) is 4.19. The molecule has 0 saturated heterocycles. The zero-order valence-corrected chi connectivity index (χ0v) is 12.3. The summed E-state index contributed by atoms with van der Waals surface area (Å²) in [6, 6.07) is 9.85. The molecule has 2 aromatic heterocycles. The molecule has 2 heterocycles. The van der Waals surface area contributed by atoms with Gasteiger partial charge in [-0.25, -0.2) is 0 Å². The number of para-hydroxylation sites is 1. The molecule has 0 aliphatic rings. The highest BCUT2D eigenvalue weighted by Gasteiger charge is 2.21. The number of pyridine rings is 1. The van der Waals surface area contributed by atoms with E-state index in [1.807, 2.05) is 30.3 Å². The van der Waals surface area contributed by atoms with E-state index in [4.69, 9.17) is 5.73 Å². The Morgan fingerprint density at radius 1 is 1.15 bits per heavy atom. The van der Waals surface area contributed by atoms with Gasteiger partial charge in [-0.3, -0.25) is 4.98 Å². The fourth-order valence-electron chi connectivity index (χ4n) is 2.34. The molecule has 0 spiro atoms. The van der Waals surface area contributed by atoms with E-state index in [1.165, 1.54) is 11.5 Å². The van der Waals surface area contributed by atoms with Crippen LogP contribution in [0.1, 0.15) is 41.9 Å². The average molecular weight is 284 g/mol. The van der Waals surface area contributed by atoms with Crippen LogP contribution in [-0.2, 0) is 0 Å². The lowest BCUT2D eigenvalue weighted by Gasteiger charge is -2.14. The fraction of sp³-hybridized carbons (Fsp3) is 0.267. The Labute approximate surface area is 121 Å². The smallest absolute Gasteiger partial charge is 0.0832 e. The summed E-state index contributed by atoms with van der Waals surface area (Å²) in [5.74, 6) is 0.317. The maximum Gasteiger partial charge on any atom is 0.0832 e.